The van der Waals surface area contributed by atoms with Gasteiger partial charge >= 0.3 is 0 Å². The first kappa shape index (κ1) is 27.3. The molecule has 0 heterocycles. The molecule has 0 aliphatic heterocycles. The lowest BCUT2D eigenvalue weighted by atomic mass is 10.0. The molecule has 7 heteroatoms. The van der Waals surface area contributed by atoms with E-state index in [1.54, 1.807) is 30.2 Å². The van der Waals surface area contributed by atoms with Crippen LogP contribution in [0.2, 0.25) is 0 Å². The highest BCUT2D eigenvalue weighted by Gasteiger charge is 2.30. The summed E-state index contributed by atoms with van der Waals surface area (Å²) in [4.78, 5) is 28.6. The van der Waals surface area contributed by atoms with Crippen molar-refractivity contribution in [2.75, 3.05) is 12.9 Å². The molecule has 3 aromatic carbocycles. The average molecular weight is 509 g/mol. The van der Waals surface area contributed by atoms with Crippen LogP contribution in [0.5, 0.6) is 5.75 Å². The van der Waals surface area contributed by atoms with Crippen molar-refractivity contribution in [3.8, 4) is 5.75 Å². The van der Waals surface area contributed by atoms with E-state index < -0.39 is 6.04 Å². The quantitative estimate of drug-likeness (QED) is 0.364. The van der Waals surface area contributed by atoms with E-state index in [1.165, 1.54) is 17.8 Å². The molecule has 1 atom stereocenters. The lowest BCUT2D eigenvalue weighted by molar-refractivity contribution is -0.139. The van der Waals surface area contributed by atoms with Gasteiger partial charge in [-0.3, -0.25) is 9.59 Å². The number of hydrogen-bond donors (Lipinski definition) is 1. The standard InChI is InChI=1S/C29H33FN2O3S/c1-21(2)31-29(34)27(17-22-10-5-4-6-11-22)32(18-23-12-9-14-25(16-23)35-3)28(33)20-36-19-24-13-7-8-15-26(24)30/h4-16,21,27H,17-20H2,1-3H3,(H,31,34)/t27-/m0/s1. The predicted molar refractivity (Wildman–Crippen MR) is 143 cm³/mol. The van der Waals surface area contributed by atoms with Crippen molar-refractivity contribution >= 4 is 23.6 Å². The third-order valence-electron chi connectivity index (χ3n) is 5.63. The number of amides is 2. The fraction of sp³-hybridized carbons (Fsp3) is 0.310. The molecule has 0 aliphatic rings. The summed E-state index contributed by atoms with van der Waals surface area (Å²) in [6, 6.07) is 22.9. The largest absolute Gasteiger partial charge is 0.497 e. The number of halogens is 1. The molecule has 0 saturated heterocycles. The summed E-state index contributed by atoms with van der Waals surface area (Å²) in [5, 5.41) is 2.98. The molecule has 2 amide bonds. The van der Waals surface area contributed by atoms with Crippen molar-refractivity contribution in [3.63, 3.8) is 0 Å². The van der Waals surface area contributed by atoms with E-state index in [-0.39, 0.29) is 36.0 Å². The van der Waals surface area contributed by atoms with Gasteiger partial charge in [-0.05, 0) is 48.7 Å². The summed E-state index contributed by atoms with van der Waals surface area (Å²) >= 11 is 1.34. The summed E-state index contributed by atoms with van der Waals surface area (Å²) < 4.78 is 19.4. The Kier molecular flexibility index (Phi) is 10.4. The second kappa shape index (κ2) is 13.7. The number of carbonyl (C=O) groups excluding carboxylic acids is 2. The van der Waals surface area contributed by atoms with Gasteiger partial charge in [-0.2, -0.15) is 0 Å². The van der Waals surface area contributed by atoms with Crippen molar-refractivity contribution in [3.05, 3.63) is 101 Å². The topological polar surface area (TPSA) is 58.6 Å². The molecule has 0 radical (unpaired) electrons. The van der Waals surface area contributed by atoms with Crippen LogP contribution in [0.3, 0.4) is 0 Å². The smallest absolute Gasteiger partial charge is 0.243 e. The van der Waals surface area contributed by atoms with Crippen molar-refractivity contribution < 1.29 is 18.7 Å². The van der Waals surface area contributed by atoms with E-state index in [2.05, 4.69) is 5.32 Å². The highest BCUT2D eigenvalue weighted by atomic mass is 32.2. The minimum Gasteiger partial charge on any atom is -0.497 e. The Morgan fingerprint density at radius 2 is 1.67 bits per heavy atom. The molecule has 0 unspecified atom stereocenters. The lowest BCUT2D eigenvalue weighted by Crippen LogP contribution is -2.52. The zero-order valence-corrected chi connectivity index (χ0v) is 21.8. The third kappa shape index (κ3) is 8.12. The van der Waals surface area contributed by atoms with E-state index in [0.717, 1.165) is 11.1 Å². The van der Waals surface area contributed by atoms with Crippen LogP contribution in [0.15, 0.2) is 78.9 Å². The Labute approximate surface area is 217 Å². The van der Waals surface area contributed by atoms with Gasteiger partial charge in [0.05, 0.1) is 12.9 Å². The number of benzene rings is 3. The van der Waals surface area contributed by atoms with E-state index in [9.17, 15) is 14.0 Å². The van der Waals surface area contributed by atoms with E-state index in [1.807, 2.05) is 68.4 Å². The van der Waals surface area contributed by atoms with Crippen LogP contribution in [-0.2, 0) is 28.3 Å². The zero-order valence-electron chi connectivity index (χ0n) is 20.9. The Balaban J connectivity index is 1.87. The molecule has 3 rings (SSSR count). The monoisotopic (exact) mass is 508 g/mol. The average Bonchev–Trinajstić information content (AvgIpc) is 2.87. The van der Waals surface area contributed by atoms with Gasteiger partial charge in [0.15, 0.2) is 0 Å². The van der Waals surface area contributed by atoms with E-state index in [0.29, 0.717) is 23.5 Å². The van der Waals surface area contributed by atoms with Gasteiger partial charge < -0.3 is 15.0 Å². The fourth-order valence-electron chi connectivity index (χ4n) is 3.85. The van der Waals surface area contributed by atoms with Crippen molar-refractivity contribution in [1.82, 2.24) is 10.2 Å². The number of thioether (sulfide) groups is 1. The molecule has 3 aromatic rings. The summed E-state index contributed by atoms with van der Waals surface area (Å²) in [5.41, 5.74) is 2.37. The third-order valence-corrected chi connectivity index (χ3v) is 6.60. The molecule has 0 bridgehead atoms. The second-order valence-electron chi connectivity index (χ2n) is 8.83. The lowest BCUT2D eigenvalue weighted by Gasteiger charge is -2.32. The van der Waals surface area contributed by atoms with Gasteiger partial charge in [0.2, 0.25) is 11.8 Å². The minimum absolute atomic E-state index is 0.0695. The van der Waals surface area contributed by atoms with Crippen LogP contribution in [0.1, 0.15) is 30.5 Å². The number of methoxy groups -OCH3 is 1. The van der Waals surface area contributed by atoms with Crippen molar-refractivity contribution in [1.29, 1.82) is 0 Å². The first-order valence-corrected chi connectivity index (χ1v) is 13.1. The Morgan fingerprint density at radius 1 is 0.972 bits per heavy atom. The molecule has 0 saturated carbocycles. The number of carbonyl (C=O) groups is 2. The highest BCUT2D eigenvalue weighted by Crippen LogP contribution is 2.21. The van der Waals surface area contributed by atoms with Crippen LogP contribution in [0, 0.1) is 5.82 Å². The first-order chi connectivity index (χ1) is 17.4. The number of nitrogens with one attached hydrogen (secondary N) is 1. The highest BCUT2D eigenvalue weighted by molar-refractivity contribution is 7.99. The van der Waals surface area contributed by atoms with Gasteiger partial charge in [-0.1, -0.05) is 60.7 Å². The van der Waals surface area contributed by atoms with Gasteiger partial charge in [0.25, 0.3) is 0 Å². The van der Waals surface area contributed by atoms with Crippen LogP contribution in [-0.4, -0.2) is 41.7 Å². The van der Waals surface area contributed by atoms with E-state index in [4.69, 9.17) is 4.74 Å². The Morgan fingerprint density at radius 3 is 2.36 bits per heavy atom. The first-order valence-electron chi connectivity index (χ1n) is 11.9. The number of nitrogens with zero attached hydrogens (tertiary/aromatic N) is 1. The maximum atomic E-state index is 14.1. The predicted octanol–water partition coefficient (Wildman–Crippen LogP) is 5.23. The summed E-state index contributed by atoms with van der Waals surface area (Å²) in [6.07, 6.45) is 0.382. The summed E-state index contributed by atoms with van der Waals surface area (Å²) in [7, 11) is 1.59. The molecular weight excluding hydrogens is 475 g/mol. The van der Waals surface area contributed by atoms with Crippen molar-refractivity contribution in [2.24, 2.45) is 0 Å². The molecule has 0 fully saturated rings. The number of ether oxygens (including phenoxy) is 1. The molecule has 0 aliphatic carbocycles. The SMILES string of the molecule is COc1cccc(CN(C(=O)CSCc2ccccc2F)[C@@H](Cc2ccccc2)C(=O)NC(C)C)c1. The van der Waals surface area contributed by atoms with Crippen LogP contribution in [0.4, 0.5) is 4.39 Å². The Hall–Kier alpha value is -3.32. The maximum Gasteiger partial charge on any atom is 0.243 e. The number of rotatable bonds is 12. The fourth-order valence-corrected chi connectivity index (χ4v) is 4.75. The normalized spacial score (nSPS) is 11.7. The van der Waals surface area contributed by atoms with Crippen LogP contribution in [0.25, 0.3) is 0 Å². The minimum atomic E-state index is -0.706. The van der Waals surface area contributed by atoms with Gasteiger partial charge in [-0.25, -0.2) is 4.39 Å². The van der Waals surface area contributed by atoms with Gasteiger partial charge in [0.1, 0.15) is 17.6 Å². The molecule has 5 nitrogen and oxygen atoms in total. The molecule has 1 N–H and O–H groups in total. The molecule has 0 aromatic heterocycles. The zero-order chi connectivity index (χ0) is 25.9. The van der Waals surface area contributed by atoms with Gasteiger partial charge in [-0.15, -0.1) is 11.8 Å². The summed E-state index contributed by atoms with van der Waals surface area (Å²) in [5.74, 6) is 0.498. The van der Waals surface area contributed by atoms with E-state index >= 15 is 0 Å². The van der Waals surface area contributed by atoms with Crippen LogP contribution >= 0.6 is 11.8 Å². The molecule has 0 spiro atoms. The van der Waals surface area contributed by atoms with Crippen LogP contribution < -0.4 is 10.1 Å². The molecule has 190 valence electrons. The maximum absolute atomic E-state index is 14.1. The summed E-state index contributed by atoms with van der Waals surface area (Å²) in [6.45, 7) is 4.05. The Bertz CT molecular complexity index is 1140. The second-order valence-corrected chi connectivity index (χ2v) is 9.81. The van der Waals surface area contributed by atoms with Crippen molar-refractivity contribution in [2.45, 2.75) is 44.6 Å². The van der Waals surface area contributed by atoms with Gasteiger partial charge in [0, 0.05) is 24.8 Å². The molecule has 36 heavy (non-hydrogen) atoms. The molecular formula is C29H33FN2O3S. The number of hydrogen-bond acceptors (Lipinski definition) is 4.